The normalized spacial score (nSPS) is 22.8. The van der Waals surface area contributed by atoms with Gasteiger partial charge < -0.3 is 0 Å². The number of rotatable bonds is 5. The first-order chi connectivity index (χ1) is 8.86. The molecule has 1 aliphatic rings. The lowest BCUT2D eigenvalue weighted by Gasteiger charge is -2.19. The zero-order chi connectivity index (χ0) is 14.2. The molecule has 2 rings (SSSR count). The summed E-state index contributed by atoms with van der Waals surface area (Å²) in [6.45, 7) is 4.58. The van der Waals surface area contributed by atoms with Crippen LogP contribution in [0.25, 0.3) is 0 Å². The molecule has 0 bridgehead atoms. The van der Waals surface area contributed by atoms with Crippen molar-refractivity contribution >= 4 is 21.6 Å². The average molecular weight is 302 g/mol. The SMILES string of the molecule is Cc1ccc(CCl)cc1S(=O)(=O)N(C)CC1CC1C. The lowest BCUT2D eigenvalue weighted by Crippen LogP contribution is -2.29. The van der Waals surface area contributed by atoms with E-state index < -0.39 is 10.0 Å². The maximum Gasteiger partial charge on any atom is 0.243 e. The maximum absolute atomic E-state index is 12.6. The summed E-state index contributed by atoms with van der Waals surface area (Å²) < 4.78 is 26.6. The van der Waals surface area contributed by atoms with Gasteiger partial charge in [0.1, 0.15) is 0 Å². The molecule has 1 aromatic carbocycles. The third kappa shape index (κ3) is 3.12. The lowest BCUT2D eigenvalue weighted by molar-refractivity contribution is 0.444. The molecule has 0 aromatic heterocycles. The van der Waals surface area contributed by atoms with Gasteiger partial charge in [0.05, 0.1) is 4.90 Å². The van der Waals surface area contributed by atoms with Gasteiger partial charge in [0.25, 0.3) is 0 Å². The summed E-state index contributed by atoms with van der Waals surface area (Å²) in [5, 5.41) is 0. The molecule has 19 heavy (non-hydrogen) atoms. The first-order valence-electron chi connectivity index (χ1n) is 6.48. The van der Waals surface area contributed by atoms with E-state index in [9.17, 15) is 8.42 Å². The highest BCUT2D eigenvalue weighted by Crippen LogP contribution is 2.38. The van der Waals surface area contributed by atoms with Gasteiger partial charge >= 0.3 is 0 Å². The van der Waals surface area contributed by atoms with Crippen molar-refractivity contribution < 1.29 is 8.42 Å². The number of aryl methyl sites for hydroxylation is 1. The molecule has 0 aliphatic heterocycles. The summed E-state index contributed by atoms with van der Waals surface area (Å²) in [5.41, 5.74) is 1.60. The Morgan fingerprint density at radius 2 is 2.05 bits per heavy atom. The number of benzene rings is 1. The Balaban J connectivity index is 2.27. The second kappa shape index (κ2) is 5.43. The number of alkyl halides is 1. The van der Waals surface area contributed by atoms with Crippen LogP contribution in [0.15, 0.2) is 23.1 Å². The van der Waals surface area contributed by atoms with Crippen molar-refractivity contribution in [2.75, 3.05) is 13.6 Å². The molecular weight excluding hydrogens is 282 g/mol. The highest BCUT2D eigenvalue weighted by atomic mass is 35.5. The fraction of sp³-hybridized carbons (Fsp3) is 0.571. The standard InChI is InChI=1S/C14H20ClNO2S/c1-10-4-5-12(8-15)7-14(10)19(17,18)16(3)9-13-6-11(13)2/h4-5,7,11,13H,6,8-9H2,1-3H3. The highest BCUT2D eigenvalue weighted by Gasteiger charge is 2.36. The van der Waals surface area contributed by atoms with E-state index in [0.29, 0.717) is 29.2 Å². The fourth-order valence-electron chi connectivity index (χ4n) is 2.26. The van der Waals surface area contributed by atoms with Gasteiger partial charge in [-0.15, -0.1) is 11.6 Å². The van der Waals surface area contributed by atoms with Gasteiger partial charge in [-0.1, -0.05) is 19.1 Å². The summed E-state index contributed by atoms with van der Waals surface area (Å²) in [6.07, 6.45) is 1.13. The van der Waals surface area contributed by atoms with Crippen molar-refractivity contribution in [3.63, 3.8) is 0 Å². The number of nitrogens with zero attached hydrogens (tertiary/aromatic N) is 1. The van der Waals surface area contributed by atoms with Gasteiger partial charge in [-0.3, -0.25) is 0 Å². The van der Waals surface area contributed by atoms with Crippen molar-refractivity contribution in [1.29, 1.82) is 0 Å². The molecule has 0 radical (unpaired) electrons. The molecule has 1 saturated carbocycles. The molecule has 0 heterocycles. The predicted octanol–water partition coefficient (Wildman–Crippen LogP) is 3.01. The van der Waals surface area contributed by atoms with E-state index in [1.54, 1.807) is 13.1 Å². The van der Waals surface area contributed by atoms with Crippen LogP contribution >= 0.6 is 11.6 Å². The molecule has 5 heteroatoms. The van der Waals surface area contributed by atoms with Crippen LogP contribution in [0.3, 0.4) is 0 Å². The Kier molecular flexibility index (Phi) is 4.23. The molecule has 106 valence electrons. The first-order valence-corrected chi connectivity index (χ1v) is 8.45. The maximum atomic E-state index is 12.6. The average Bonchev–Trinajstić information content (AvgIpc) is 3.05. The minimum absolute atomic E-state index is 0.326. The van der Waals surface area contributed by atoms with Crippen LogP contribution in [0.4, 0.5) is 0 Å². The second-order valence-electron chi connectivity index (χ2n) is 5.49. The molecule has 1 aliphatic carbocycles. The van der Waals surface area contributed by atoms with Gasteiger partial charge in [0.15, 0.2) is 0 Å². The van der Waals surface area contributed by atoms with Crippen molar-refractivity contribution in [2.45, 2.75) is 31.0 Å². The van der Waals surface area contributed by atoms with Crippen LogP contribution in [0, 0.1) is 18.8 Å². The minimum Gasteiger partial charge on any atom is -0.207 e. The zero-order valence-corrected chi connectivity index (χ0v) is 13.1. The zero-order valence-electron chi connectivity index (χ0n) is 11.6. The Morgan fingerprint density at radius 1 is 1.42 bits per heavy atom. The van der Waals surface area contributed by atoms with Crippen LogP contribution < -0.4 is 0 Å². The van der Waals surface area contributed by atoms with Crippen LogP contribution in [0.1, 0.15) is 24.5 Å². The Morgan fingerprint density at radius 3 is 2.58 bits per heavy atom. The van der Waals surface area contributed by atoms with E-state index >= 15 is 0 Å². The van der Waals surface area contributed by atoms with Crippen LogP contribution in [-0.4, -0.2) is 26.3 Å². The molecule has 0 spiro atoms. The monoisotopic (exact) mass is 301 g/mol. The lowest BCUT2D eigenvalue weighted by atomic mass is 10.2. The Bertz CT molecular complexity index is 571. The summed E-state index contributed by atoms with van der Waals surface area (Å²) >= 11 is 5.79. The van der Waals surface area contributed by atoms with Gasteiger partial charge in [0.2, 0.25) is 10.0 Å². The van der Waals surface area contributed by atoms with Crippen molar-refractivity contribution in [3.05, 3.63) is 29.3 Å². The van der Waals surface area contributed by atoms with Gasteiger partial charge in [-0.05, 0) is 42.4 Å². The first kappa shape index (κ1) is 14.8. The van der Waals surface area contributed by atoms with Crippen LogP contribution in [0.2, 0.25) is 0 Å². The van der Waals surface area contributed by atoms with E-state index in [1.807, 2.05) is 19.1 Å². The van der Waals surface area contributed by atoms with Crippen LogP contribution in [-0.2, 0) is 15.9 Å². The van der Waals surface area contributed by atoms with E-state index in [1.165, 1.54) is 4.31 Å². The summed E-state index contributed by atoms with van der Waals surface area (Å²) in [6, 6.07) is 5.37. The quantitative estimate of drug-likeness (QED) is 0.784. The predicted molar refractivity (Wildman–Crippen MR) is 77.8 cm³/mol. The summed E-state index contributed by atoms with van der Waals surface area (Å²) in [4.78, 5) is 0.376. The number of sulfonamides is 1. The molecule has 0 N–H and O–H groups in total. The molecule has 2 atom stereocenters. The third-order valence-electron chi connectivity index (χ3n) is 3.86. The molecule has 0 amide bonds. The Labute approximate surface area is 120 Å². The number of hydrogen-bond acceptors (Lipinski definition) is 2. The summed E-state index contributed by atoms with van der Waals surface area (Å²) in [5.74, 6) is 1.48. The van der Waals surface area contributed by atoms with E-state index in [4.69, 9.17) is 11.6 Å². The van der Waals surface area contributed by atoms with E-state index in [-0.39, 0.29) is 0 Å². The largest absolute Gasteiger partial charge is 0.243 e. The van der Waals surface area contributed by atoms with E-state index in [0.717, 1.165) is 17.5 Å². The Hall–Kier alpha value is -0.580. The molecule has 0 saturated heterocycles. The fourth-order valence-corrected chi connectivity index (χ4v) is 3.92. The van der Waals surface area contributed by atoms with E-state index in [2.05, 4.69) is 6.92 Å². The van der Waals surface area contributed by atoms with Gasteiger partial charge in [-0.2, -0.15) is 0 Å². The minimum atomic E-state index is -3.41. The summed E-state index contributed by atoms with van der Waals surface area (Å²) in [7, 11) is -1.75. The molecule has 3 nitrogen and oxygen atoms in total. The number of hydrogen-bond donors (Lipinski definition) is 0. The second-order valence-corrected chi connectivity index (χ2v) is 7.77. The van der Waals surface area contributed by atoms with Crippen molar-refractivity contribution in [3.8, 4) is 0 Å². The topological polar surface area (TPSA) is 37.4 Å². The van der Waals surface area contributed by atoms with Crippen molar-refractivity contribution in [1.82, 2.24) is 4.31 Å². The number of halogens is 1. The molecule has 2 unspecified atom stereocenters. The molecular formula is C14H20ClNO2S. The van der Waals surface area contributed by atoms with Crippen molar-refractivity contribution in [2.24, 2.45) is 11.8 Å². The molecule has 1 fully saturated rings. The van der Waals surface area contributed by atoms with Crippen LogP contribution in [0.5, 0.6) is 0 Å². The highest BCUT2D eigenvalue weighted by molar-refractivity contribution is 7.89. The molecule has 1 aromatic rings. The van der Waals surface area contributed by atoms with Gasteiger partial charge in [0, 0.05) is 19.5 Å². The van der Waals surface area contributed by atoms with Gasteiger partial charge in [-0.25, -0.2) is 12.7 Å². The smallest absolute Gasteiger partial charge is 0.207 e. The third-order valence-corrected chi connectivity index (χ3v) is 6.14.